The van der Waals surface area contributed by atoms with Crippen LogP contribution in [-0.4, -0.2) is 37.8 Å². The summed E-state index contributed by atoms with van der Waals surface area (Å²) in [6.45, 7) is 11.4. The number of hydrogen-bond acceptors (Lipinski definition) is 3. The highest BCUT2D eigenvalue weighted by Gasteiger charge is 2.37. The number of hydrogen-bond donors (Lipinski definition) is 2. The van der Waals surface area contributed by atoms with Crippen LogP contribution in [0.4, 0.5) is 0 Å². The fraction of sp³-hybridized carbons (Fsp3) is 1.00. The fourth-order valence-electron chi connectivity index (χ4n) is 0.931. The summed E-state index contributed by atoms with van der Waals surface area (Å²) in [6.07, 6.45) is 0.818. The van der Waals surface area contributed by atoms with Crippen LogP contribution >= 0.6 is 0 Å². The first kappa shape index (κ1) is 15.1. The molecule has 0 amide bonds. The van der Waals surface area contributed by atoms with Crippen LogP contribution in [0.25, 0.3) is 0 Å². The lowest BCUT2D eigenvalue weighted by Gasteiger charge is -2.36. The highest BCUT2D eigenvalue weighted by molar-refractivity contribution is 6.74. The maximum atomic E-state index is 9.60. The van der Waals surface area contributed by atoms with Gasteiger partial charge in [-0.3, -0.25) is 0 Å². The molecule has 1 atom stereocenters. The van der Waals surface area contributed by atoms with E-state index in [1.54, 1.807) is 0 Å². The van der Waals surface area contributed by atoms with Gasteiger partial charge in [-0.15, -0.1) is 0 Å². The van der Waals surface area contributed by atoms with Gasteiger partial charge in [0.15, 0.2) is 8.32 Å². The van der Waals surface area contributed by atoms with Crippen molar-refractivity contribution in [3.05, 3.63) is 0 Å². The van der Waals surface area contributed by atoms with Crippen LogP contribution in [0.15, 0.2) is 0 Å². The van der Waals surface area contributed by atoms with Crippen LogP contribution in [0.3, 0.4) is 0 Å². The van der Waals surface area contributed by atoms with Crippen molar-refractivity contribution in [1.29, 1.82) is 0 Å². The quantitative estimate of drug-likeness (QED) is 0.692. The maximum absolute atomic E-state index is 9.60. The van der Waals surface area contributed by atoms with Gasteiger partial charge in [0.25, 0.3) is 0 Å². The molecule has 3 nitrogen and oxygen atoms in total. The first-order valence-electron chi connectivity index (χ1n) is 5.63. The number of aliphatic hydroxyl groups is 2. The Morgan fingerprint density at radius 2 is 1.80 bits per heavy atom. The zero-order valence-corrected chi connectivity index (χ0v) is 11.7. The van der Waals surface area contributed by atoms with Crippen molar-refractivity contribution in [3.8, 4) is 0 Å². The summed E-state index contributed by atoms with van der Waals surface area (Å²) in [5, 5.41) is 18.4. The minimum absolute atomic E-state index is 0.136. The third-order valence-corrected chi connectivity index (χ3v) is 7.64. The van der Waals surface area contributed by atoms with Gasteiger partial charge < -0.3 is 14.6 Å². The summed E-state index contributed by atoms with van der Waals surface area (Å²) in [5.41, 5.74) is 0. The highest BCUT2D eigenvalue weighted by Crippen LogP contribution is 2.36. The van der Waals surface area contributed by atoms with E-state index >= 15 is 0 Å². The zero-order chi connectivity index (χ0) is 12.1. The molecule has 0 unspecified atom stereocenters. The van der Waals surface area contributed by atoms with E-state index in [1.165, 1.54) is 0 Å². The summed E-state index contributed by atoms with van der Waals surface area (Å²) in [4.78, 5) is 0. The van der Waals surface area contributed by atoms with Gasteiger partial charge in [0.2, 0.25) is 0 Å². The monoisotopic (exact) mass is 234 g/mol. The van der Waals surface area contributed by atoms with E-state index in [1.807, 2.05) is 0 Å². The van der Waals surface area contributed by atoms with Gasteiger partial charge in [-0.1, -0.05) is 20.8 Å². The SMILES string of the molecule is CC(C)(C)[Si](C)(C)OC[C@@H](O)CCCO. The van der Waals surface area contributed by atoms with E-state index in [4.69, 9.17) is 9.53 Å². The molecule has 0 aliphatic carbocycles. The van der Waals surface area contributed by atoms with Gasteiger partial charge >= 0.3 is 0 Å². The molecular formula is C11H26O3Si. The smallest absolute Gasteiger partial charge is 0.192 e. The second-order valence-electron chi connectivity index (χ2n) is 5.59. The van der Waals surface area contributed by atoms with Crippen LogP contribution in [0.5, 0.6) is 0 Å². The molecule has 4 heteroatoms. The Hall–Kier alpha value is 0.0969. The summed E-state index contributed by atoms with van der Waals surface area (Å²) in [6, 6.07) is 0. The molecule has 92 valence electrons. The molecular weight excluding hydrogens is 208 g/mol. The Morgan fingerprint density at radius 3 is 2.20 bits per heavy atom. The molecule has 0 spiro atoms. The zero-order valence-electron chi connectivity index (χ0n) is 10.7. The molecule has 0 bridgehead atoms. The Kier molecular flexibility index (Phi) is 6.03. The first-order chi connectivity index (χ1) is 6.70. The Balaban J connectivity index is 3.93. The summed E-state index contributed by atoms with van der Waals surface area (Å²) in [5.74, 6) is 0. The maximum Gasteiger partial charge on any atom is 0.192 e. The van der Waals surface area contributed by atoms with Crippen LogP contribution in [0, 0.1) is 0 Å². The van der Waals surface area contributed by atoms with Gasteiger partial charge in [-0.2, -0.15) is 0 Å². The Morgan fingerprint density at radius 1 is 1.27 bits per heavy atom. The summed E-state index contributed by atoms with van der Waals surface area (Å²) in [7, 11) is -1.73. The van der Waals surface area contributed by atoms with Crippen molar-refractivity contribution < 1.29 is 14.6 Å². The van der Waals surface area contributed by atoms with E-state index < -0.39 is 14.4 Å². The third-order valence-electron chi connectivity index (χ3n) is 3.14. The average Bonchev–Trinajstić information content (AvgIpc) is 2.09. The van der Waals surface area contributed by atoms with Crippen LogP contribution in [0.2, 0.25) is 18.1 Å². The van der Waals surface area contributed by atoms with Gasteiger partial charge in [-0.25, -0.2) is 0 Å². The molecule has 15 heavy (non-hydrogen) atoms. The predicted octanol–water partition coefficient (Wildman–Crippen LogP) is 2.14. The van der Waals surface area contributed by atoms with Gasteiger partial charge in [0.1, 0.15) is 0 Å². The minimum Gasteiger partial charge on any atom is -0.414 e. The fourth-order valence-corrected chi connectivity index (χ4v) is 1.97. The molecule has 0 aliphatic heterocycles. The molecule has 0 radical (unpaired) electrons. The minimum atomic E-state index is -1.73. The van der Waals surface area contributed by atoms with Crippen molar-refractivity contribution in [1.82, 2.24) is 0 Å². The van der Waals surface area contributed by atoms with E-state index in [0.29, 0.717) is 19.4 Å². The van der Waals surface area contributed by atoms with Crippen molar-refractivity contribution in [2.24, 2.45) is 0 Å². The lowest BCUT2D eigenvalue weighted by molar-refractivity contribution is 0.0860. The van der Waals surface area contributed by atoms with E-state index in [0.717, 1.165) is 0 Å². The van der Waals surface area contributed by atoms with Crippen LogP contribution < -0.4 is 0 Å². The molecule has 0 fully saturated rings. The number of aliphatic hydroxyl groups excluding tert-OH is 2. The molecule has 0 saturated carbocycles. The summed E-state index contributed by atoms with van der Waals surface area (Å²) < 4.78 is 5.86. The summed E-state index contributed by atoms with van der Waals surface area (Å²) >= 11 is 0. The van der Waals surface area contributed by atoms with E-state index in [-0.39, 0.29) is 11.6 Å². The van der Waals surface area contributed by atoms with Crippen molar-refractivity contribution >= 4 is 8.32 Å². The van der Waals surface area contributed by atoms with Crippen molar-refractivity contribution in [2.75, 3.05) is 13.2 Å². The molecule has 2 N–H and O–H groups in total. The molecule has 0 aromatic carbocycles. The largest absolute Gasteiger partial charge is 0.414 e. The average molecular weight is 234 g/mol. The Bertz CT molecular complexity index is 175. The van der Waals surface area contributed by atoms with Gasteiger partial charge in [0.05, 0.1) is 12.7 Å². The topological polar surface area (TPSA) is 49.7 Å². The normalized spacial score (nSPS) is 15.4. The molecule has 0 heterocycles. The van der Waals surface area contributed by atoms with Crippen LogP contribution in [-0.2, 0) is 4.43 Å². The van der Waals surface area contributed by atoms with E-state index in [2.05, 4.69) is 33.9 Å². The van der Waals surface area contributed by atoms with Gasteiger partial charge in [0, 0.05) is 6.61 Å². The number of rotatable bonds is 6. The van der Waals surface area contributed by atoms with Crippen molar-refractivity contribution in [3.63, 3.8) is 0 Å². The lowest BCUT2D eigenvalue weighted by Crippen LogP contribution is -2.42. The lowest BCUT2D eigenvalue weighted by atomic mass is 10.2. The first-order valence-corrected chi connectivity index (χ1v) is 8.54. The van der Waals surface area contributed by atoms with Gasteiger partial charge in [-0.05, 0) is 31.0 Å². The molecule has 0 aromatic heterocycles. The molecule has 0 aliphatic rings. The predicted molar refractivity (Wildman–Crippen MR) is 65.5 cm³/mol. The van der Waals surface area contributed by atoms with Crippen molar-refractivity contribution in [2.45, 2.75) is 57.8 Å². The third kappa shape index (κ3) is 5.66. The second kappa shape index (κ2) is 5.99. The molecule has 0 saturated heterocycles. The molecule has 0 rings (SSSR count). The standard InChI is InChI=1S/C11H26O3Si/c1-11(2,3)15(4,5)14-9-10(13)7-6-8-12/h10,12-13H,6-9H2,1-5H3/t10-/m0/s1. The van der Waals surface area contributed by atoms with Crippen LogP contribution in [0.1, 0.15) is 33.6 Å². The Labute approximate surface area is 94.6 Å². The van der Waals surface area contributed by atoms with E-state index in [9.17, 15) is 5.11 Å². The second-order valence-corrected chi connectivity index (χ2v) is 10.4. The molecule has 0 aromatic rings. The highest BCUT2D eigenvalue weighted by atomic mass is 28.4.